The highest BCUT2D eigenvalue weighted by Crippen LogP contribution is 2.36. The molecule has 2 aromatic carbocycles. The summed E-state index contributed by atoms with van der Waals surface area (Å²) in [5.74, 6) is 0.710. The topological polar surface area (TPSA) is 44.8 Å². The van der Waals surface area contributed by atoms with Crippen molar-refractivity contribution < 1.29 is 19.0 Å². The van der Waals surface area contributed by atoms with E-state index in [0.717, 1.165) is 61.0 Å². The van der Waals surface area contributed by atoms with Crippen molar-refractivity contribution in [1.82, 2.24) is 0 Å². The molecule has 0 radical (unpaired) electrons. The Balaban J connectivity index is 1.50. The molecule has 1 aliphatic heterocycles. The summed E-state index contributed by atoms with van der Waals surface area (Å²) < 4.78 is 17.4. The lowest BCUT2D eigenvalue weighted by Crippen LogP contribution is -2.28. The molecule has 0 aromatic heterocycles. The molecule has 5 heteroatoms. The third-order valence-electron chi connectivity index (χ3n) is 6.26. The smallest absolute Gasteiger partial charge is 0.305 e. The Morgan fingerprint density at radius 1 is 1.06 bits per heavy atom. The Bertz CT molecular complexity index is 938. The zero-order valence-corrected chi connectivity index (χ0v) is 21.9. The van der Waals surface area contributed by atoms with Gasteiger partial charge < -0.3 is 14.2 Å². The first-order valence-corrected chi connectivity index (χ1v) is 13.5. The highest BCUT2D eigenvalue weighted by atomic mass is 35.5. The van der Waals surface area contributed by atoms with Gasteiger partial charge in [0.05, 0.1) is 18.8 Å². The van der Waals surface area contributed by atoms with Gasteiger partial charge in [-0.25, -0.2) is 0 Å². The maximum absolute atomic E-state index is 12.2. The van der Waals surface area contributed by atoms with Crippen LogP contribution in [0.2, 0.25) is 5.02 Å². The van der Waals surface area contributed by atoms with Crippen LogP contribution in [0.25, 0.3) is 11.1 Å². The SMILES string of the molecule is CCCCC=CCCCC(=O)OC[C@H]1CCC[C@@H](c2ccc(Cl)c(-c3ccc(OCC)cc3)c2)O1. The van der Waals surface area contributed by atoms with Gasteiger partial charge >= 0.3 is 5.97 Å². The number of carbonyl (C=O) groups is 1. The number of rotatable bonds is 13. The third-order valence-corrected chi connectivity index (χ3v) is 6.59. The molecule has 4 nitrogen and oxygen atoms in total. The standard InChI is InChI=1S/C30H39ClO4/c1-3-5-6-7-8-9-10-14-30(32)34-22-26-12-11-13-29(35-26)24-17-20-28(31)27(21-24)23-15-18-25(19-16-23)33-4-2/h7-8,15-21,26,29H,3-6,9-14,22H2,1-2H3/t26-,29+/m1/s1. The van der Waals surface area contributed by atoms with Crippen molar-refractivity contribution in [1.29, 1.82) is 0 Å². The molecule has 0 amide bonds. The van der Waals surface area contributed by atoms with Gasteiger partial charge in [0, 0.05) is 17.0 Å². The molecule has 1 fully saturated rings. The zero-order valence-electron chi connectivity index (χ0n) is 21.1. The lowest BCUT2D eigenvalue weighted by Gasteiger charge is -2.30. The van der Waals surface area contributed by atoms with Crippen LogP contribution < -0.4 is 4.74 Å². The Morgan fingerprint density at radius 2 is 1.83 bits per heavy atom. The summed E-state index contributed by atoms with van der Waals surface area (Å²) in [7, 11) is 0. The van der Waals surface area contributed by atoms with Crippen molar-refractivity contribution in [2.24, 2.45) is 0 Å². The number of benzene rings is 2. The van der Waals surface area contributed by atoms with Crippen molar-refractivity contribution in [2.45, 2.75) is 83.8 Å². The second-order valence-electron chi connectivity index (χ2n) is 9.06. The third kappa shape index (κ3) is 9.01. The van der Waals surface area contributed by atoms with Crippen LogP contribution in [-0.4, -0.2) is 25.3 Å². The van der Waals surface area contributed by atoms with E-state index in [1.165, 1.54) is 12.8 Å². The number of carbonyl (C=O) groups excluding carboxylic acids is 1. The second kappa shape index (κ2) is 15.0. The maximum atomic E-state index is 12.2. The molecule has 2 aromatic rings. The Labute approximate surface area is 215 Å². The number of unbranched alkanes of at least 4 members (excludes halogenated alkanes) is 3. The van der Waals surface area contributed by atoms with Crippen molar-refractivity contribution >= 4 is 17.6 Å². The van der Waals surface area contributed by atoms with E-state index in [0.29, 0.717) is 24.7 Å². The summed E-state index contributed by atoms with van der Waals surface area (Å²) in [6, 6.07) is 14.1. The molecule has 0 spiro atoms. The highest BCUT2D eigenvalue weighted by Gasteiger charge is 2.25. The fraction of sp³-hybridized carbons (Fsp3) is 0.500. The molecule has 0 aliphatic carbocycles. The molecular weight excluding hydrogens is 460 g/mol. The maximum Gasteiger partial charge on any atom is 0.305 e. The van der Waals surface area contributed by atoms with Gasteiger partial charge in [0.1, 0.15) is 12.4 Å². The van der Waals surface area contributed by atoms with Crippen molar-refractivity contribution in [2.75, 3.05) is 13.2 Å². The quantitative estimate of drug-likeness (QED) is 0.158. The Morgan fingerprint density at radius 3 is 2.57 bits per heavy atom. The van der Waals surface area contributed by atoms with Gasteiger partial charge in [-0.05, 0) is 80.8 Å². The average Bonchev–Trinajstić information content (AvgIpc) is 2.88. The number of hydrogen-bond donors (Lipinski definition) is 0. The number of hydrogen-bond acceptors (Lipinski definition) is 4. The molecule has 2 atom stereocenters. The molecule has 1 heterocycles. The highest BCUT2D eigenvalue weighted by molar-refractivity contribution is 6.33. The minimum Gasteiger partial charge on any atom is -0.494 e. The first kappa shape index (κ1) is 27.3. The summed E-state index contributed by atoms with van der Waals surface area (Å²) in [5.41, 5.74) is 3.12. The number of ether oxygens (including phenoxy) is 3. The molecule has 0 N–H and O–H groups in total. The monoisotopic (exact) mass is 498 g/mol. The minimum atomic E-state index is -0.137. The molecule has 0 saturated carbocycles. The zero-order chi connectivity index (χ0) is 24.9. The van der Waals surface area contributed by atoms with Gasteiger partial charge in [-0.1, -0.05) is 61.7 Å². The molecule has 35 heavy (non-hydrogen) atoms. The molecule has 1 saturated heterocycles. The van der Waals surface area contributed by atoms with Crippen molar-refractivity contribution in [3.63, 3.8) is 0 Å². The number of allylic oxidation sites excluding steroid dienone is 2. The summed E-state index contributed by atoms with van der Waals surface area (Å²) in [6.07, 6.45) is 12.9. The van der Waals surface area contributed by atoms with E-state index < -0.39 is 0 Å². The molecule has 0 bridgehead atoms. The molecule has 0 unspecified atom stereocenters. The summed E-state index contributed by atoms with van der Waals surface area (Å²) in [4.78, 5) is 12.2. The molecular formula is C30H39ClO4. The second-order valence-corrected chi connectivity index (χ2v) is 9.47. The fourth-order valence-electron chi connectivity index (χ4n) is 4.31. The van der Waals surface area contributed by atoms with Gasteiger partial charge in [-0.3, -0.25) is 4.79 Å². The van der Waals surface area contributed by atoms with Crippen LogP contribution in [0, 0.1) is 0 Å². The van der Waals surface area contributed by atoms with Gasteiger partial charge in [0.25, 0.3) is 0 Å². The minimum absolute atomic E-state index is 0.0283. The molecule has 1 aliphatic rings. The summed E-state index contributed by atoms with van der Waals surface area (Å²) in [6.45, 7) is 5.13. The van der Waals surface area contributed by atoms with Crippen LogP contribution in [-0.2, 0) is 14.3 Å². The number of halogens is 1. The normalized spacial score (nSPS) is 18.0. The van der Waals surface area contributed by atoms with Gasteiger partial charge in [-0.15, -0.1) is 0 Å². The average molecular weight is 499 g/mol. The van der Waals surface area contributed by atoms with Crippen molar-refractivity contribution in [3.8, 4) is 16.9 Å². The van der Waals surface area contributed by atoms with Crippen LogP contribution in [0.5, 0.6) is 5.75 Å². The van der Waals surface area contributed by atoms with E-state index in [2.05, 4.69) is 25.1 Å². The molecule has 190 valence electrons. The van der Waals surface area contributed by atoms with Gasteiger partial charge in [0.15, 0.2) is 0 Å². The van der Waals surface area contributed by atoms with E-state index in [1.54, 1.807) is 0 Å². The van der Waals surface area contributed by atoms with Crippen molar-refractivity contribution in [3.05, 3.63) is 65.2 Å². The predicted octanol–water partition coefficient (Wildman–Crippen LogP) is 8.48. The largest absolute Gasteiger partial charge is 0.494 e. The van der Waals surface area contributed by atoms with E-state index in [1.807, 2.05) is 43.3 Å². The Kier molecular flexibility index (Phi) is 11.7. The summed E-state index contributed by atoms with van der Waals surface area (Å²) >= 11 is 6.53. The van der Waals surface area contributed by atoms with Gasteiger partial charge in [0.2, 0.25) is 0 Å². The van der Waals surface area contributed by atoms with Crippen LogP contribution in [0.3, 0.4) is 0 Å². The van der Waals surface area contributed by atoms with Crippen LogP contribution in [0.1, 0.15) is 83.3 Å². The van der Waals surface area contributed by atoms with E-state index in [9.17, 15) is 4.79 Å². The van der Waals surface area contributed by atoms with Crippen LogP contribution in [0.15, 0.2) is 54.6 Å². The lowest BCUT2D eigenvalue weighted by atomic mass is 9.95. The van der Waals surface area contributed by atoms with E-state index >= 15 is 0 Å². The van der Waals surface area contributed by atoms with Gasteiger partial charge in [-0.2, -0.15) is 0 Å². The van der Waals surface area contributed by atoms with E-state index in [-0.39, 0.29) is 18.2 Å². The Hall–Kier alpha value is -2.30. The fourth-order valence-corrected chi connectivity index (χ4v) is 4.54. The number of esters is 1. The molecule has 3 rings (SSSR count). The first-order chi connectivity index (χ1) is 17.1. The first-order valence-electron chi connectivity index (χ1n) is 13.1. The van der Waals surface area contributed by atoms with E-state index in [4.69, 9.17) is 25.8 Å². The summed E-state index contributed by atoms with van der Waals surface area (Å²) in [5, 5.41) is 0.708. The van der Waals surface area contributed by atoms with Crippen LogP contribution in [0.4, 0.5) is 0 Å². The van der Waals surface area contributed by atoms with Crippen LogP contribution >= 0.6 is 11.6 Å². The predicted molar refractivity (Wildman–Crippen MR) is 143 cm³/mol. The lowest BCUT2D eigenvalue weighted by molar-refractivity contribution is -0.152.